The van der Waals surface area contributed by atoms with Gasteiger partial charge in [-0.25, -0.2) is 15.0 Å². The van der Waals surface area contributed by atoms with Gasteiger partial charge < -0.3 is 4.42 Å². The second-order valence-electron chi connectivity index (χ2n) is 7.37. The van der Waals surface area contributed by atoms with E-state index in [0.717, 1.165) is 38.5 Å². The van der Waals surface area contributed by atoms with E-state index in [2.05, 4.69) is 46.4 Å². The summed E-state index contributed by atoms with van der Waals surface area (Å²) in [5.41, 5.74) is 3.62. The van der Waals surface area contributed by atoms with Crippen LogP contribution in [0.5, 0.6) is 0 Å². The van der Waals surface area contributed by atoms with Crippen molar-refractivity contribution in [2.75, 3.05) is 0 Å². The van der Waals surface area contributed by atoms with Crippen LogP contribution >= 0.6 is 0 Å². The minimum atomic E-state index is 0.655. The zero-order chi connectivity index (χ0) is 20.1. The summed E-state index contributed by atoms with van der Waals surface area (Å²) in [6.07, 6.45) is 0. The van der Waals surface area contributed by atoms with Gasteiger partial charge in [0, 0.05) is 21.9 Å². The smallest absolute Gasteiger partial charge is 0.164 e. The SMILES string of the molecule is Cc1nc(-c2ccc3ccccc3c2)nc(-c2cccc3oc4ccccc4c23)n1. The maximum Gasteiger partial charge on any atom is 0.164 e. The van der Waals surface area contributed by atoms with Crippen LogP contribution in [0.4, 0.5) is 0 Å². The van der Waals surface area contributed by atoms with E-state index < -0.39 is 0 Å². The van der Waals surface area contributed by atoms with Gasteiger partial charge in [-0.05, 0) is 35.9 Å². The molecule has 0 amide bonds. The van der Waals surface area contributed by atoms with Crippen molar-refractivity contribution in [2.24, 2.45) is 0 Å². The van der Waals surface area contributed by atoms with E-state index in [9.17, 15) is 0 Å². The number of fused-ring (bicyclic) bond motifs is 4. The number of benzene rings is 4. The van der Waals surface area contributed by atoms with Crippen molar-refractivity contribution in [3.8, 4) is 22.8 Å². The average molecular weight is 387 g/mol. The van der Waals surface area contributed by atoms with Gasteiger partial charge >= 0.3 is 0 Å². The lowest BCUT2D eigenvalue weighted by molar-refractivity contribution is 0.669. The zero-order valence-corrected chi connectivity index (χ0v) is 16.3. The highest BCUT2D eigenvalue weighted by molar-refractivity contribution is 6.11. The van der Waals surface area contributed by atoms with Crippen molar-refractivity contribution in [1.82, 2.24) is 15.0 Å². The van der Waals surface area contributed by atoms with Crippen LogP contribution in [-0.2, 0) is 0 Å². The minimum Gasteiger partial charge on any atom is -0.456 e. The monoisotopic (exact) mass is 387 g/mol. The fourth-order valence-electron chi connectivity index (χ4n) is 4.02. The molecule has 6 aromatic rings. The first-order valence-electron chi connectivity index (χ1n) is 9.89. The van der Waals surface area contributed by atoms with Crippen molar-refractivity contribution in [3.05, 3.63) is 90.8 Å². The molecule has 0 saturated carbocycles. The van der Waals surface area contributed by atoms with Crippen LogP contribution in [0.1, 0.15) is 5.82 Å². The van der Waals surface area contributed by atoms with E-state index in [1.807, 2.05) is 55.5 Å². The lowest BCUT2D eigenvalue weighted by Gasteiger charge is -2.08. The maximum absolute atomic E-state index is 6.04. The topological polar surface area (TPSA) is 51.8 Å². The number of aromatic nitrogens is 3. The number of furan rings is 1. The Bertz CT molecular complexity index is 1570. The maximum atomic E-state index is 6.04. The Morgan fingerprint density at radius 3 is 2.33 bits per heavy atom. The van der Waals surface area contributed by atoms with Crippen molar-refractivity contribution in [1.29, 1.82) is 0 Å². The summed E-state index contributed by atoms with van der Waals surface area (Å²) in [5, 5.41) is 4.45. The van der Waals surface area contributed by atoms with Crippen LogP contribution in [0.15, 0.2) is 89.3 Å². The molecule has 0 N–H and O–H groups in total. The Morgan fingerprint density at radius 1 is 0.633 bits per heavy atom. The number of nitrogens with zero attached hydrogens (tertiary/aromatic N) is 3. The van der Waals surface area contributed by atoms with Gasteiger partial charge in [-0.15, -0.1) is 0 Å². The van der Waals surface area contributed by atoms with Gasteiger partial charge in [-0.2, -0.15) is 0 Å². The Balaban J connectivity index is 1.58. The largest absolute Gasteiger partial charge is 0.456 e. The van der Waals surface area contributed by atoms with E-state index in [0.29, 0.717) is 17.5 Å². The fourth-order valence-corrected chi connectivity index (χ4v) is 4.02. The van der Waals surface area contributed by atoms with Gasteiger partial charge in [0.25, 0.3) is 0 Å². The molecule has 4 heteroatoms. The Morgan fingerprint density at radius 2 is 1.40 bits per heavy atom. The van der Waals surface area contributed by atoms with Crippen LogP contribution in [0, 0.1) is 6.92 Å². The molecule has 2 heterocycles. The van der Waals surface area contributed by atoms with Crippen molar-refractivity contribution in [3.63, 3.8) is 0 Å². The first-order valence-corrected chi connectivity index (χ1v) is 9.89. The Hall–Kier alpha value is -4.05. The van der Waals surface area contributed by atoms with Gasteiger partial charge in [0.15, 0.2) is 11.6 Å². The van der Waals surface area contributed by atoms with E-state index >= 15 is 0 Å². The Labute approximate surface area is 172 Å². The molecule has 4 nitrogen and oxygen atoms in total. The van der Waals surface area contributed by atoms with Crippen LogP contribution < -0.4 is 0 Å². The van der Waals surface area contributed by atoms with Crippen LogP contribution in [-0.4, -0.2) is 15.0 Å². The molecule has 0 aliphatic heterocycles. The second kappa shape index (κ2) is 6.49. The standard InChI is InChI=1S/C26H17N3O/c1-16-27-25(19-14-13-17-7-2-3-8-18(17)15-19)29-26(28-16)21-10-6-12-23-24(21)20-9-4-5-11-22(20)30-23/h2-15H,1H3. The molecule has 0 aliphatic carbocycles. The molecule has 0 aliphatic rings. The van der Waals surface area contributed by atoms with E-state index in [4.69, 9.17) is 9.40 Å². The second-order valence-corrected chi connectivity index (χ2v) is 7.37. The fraction of sp³-hybridized carbons (Fsp3) is 0.0385. The zero-order valence-electron chi connectivity index (χ0n) is 16.3. The molecule has 0 bridgehead atoms. The molecule has 6 rings (SSSR count). The normalized spacial score (nSPS) is 11.5. The molecular weight excluding hydrogens is 370 g/mol. The summed E-state index contributed by atoms with van der Waals surface area (Å²) in [4.78, 5) is 14.1. The molecule has 0 atom stereocenters. The lowest BCUT2D eigenvalue weighted by atomic mass is 10.0. The average Bonchev–Trinajstić information content (AvgIpc) is 3.17. The molecule has 0 radical (unpaired) electrons. The molecule has 0 saturated heterocycles. The Kier molecular flexibility index (Phi) is 3.65. The summed E-state index contributed by atoms with van der Waals surface area (Å²) < 4.78 is 6.04. The van der Waals surface area contributed by atoms with E-state index in [1.165, 1.54) is 5.39 Å². The van der Waals surface area contributed by atoms with Gasteiger partial charge in [0.2, 0.25) is 0 Å². The van der Waals surface area contributed by atoms with Gasteiger partial charge in [-0.3, -0.25) is 0 Å². The van der Waals surface area contributed by atoms with Crippen molar-refractivity contribution >= 4 is 32.7 Å². The molecule has 4 aromatic carbocycles. The molecular formula is C26H17N3O. The summed E-state index contributed by atoms with van der Waals surface area (Å²) >= 11 is 0. The van der Waals surface area contributed by atoms with Gasteiger partial charge in [-0.1, -0.05) is 66.7 Å². The summed E-state index contributed by atoms with van der Waals surface area (Å²) in [6, 6.07) is 28.7. The predicted molar refractivity (Wildman–Crippen MR) is 120 cm³/mol. The minimum absolute atomic E-state index is 0.655. The summed E-state index contributed by atoms with van der Waals surface area (Å²) in [6.45, 7) is 1.91. The van der Waals surface area contributed by atoms with Crippen LogP contribution in [0.2, 0.25) is 0 Å². The third-order valence-electron chi connectivity index (χ3n) is 5.40. The molecule has 142 valence electrons. The lowest BCUT2D eigenvalue weighted by Crippen LogP contribution is -1.99. The third kappa shape index (κ3) is 2.65. The molecule has 0 spiro atoms. The van der Waals surface area contributed by atoms with Crippen LogP contribution in [0.3, 0.4) is 0 Å². The molecule has 2 aromatic heterocycles. The first-order chi connectivity index (χ1) is 14.8. The highest BCUT2D eigenvalue weighted by Crippen LogP contribution is 2.35. The van der Waals surface area contributed by atoms with Gasteiger partial charge in [0.1, 0.15) is 17.0 Å². The molecule has 0 fully saturated rings. The van der Waals surface area contributed by atoms with Gasteiger partial charge in [0.05, 0.1) is 0 Å². The molecule has 30 heavy (non-hydrogen) atoms. The van der Waals surface area contributed by atoms with Crippen LogP contribution in [0.25, 0.3) is 55.5 Å². The number of aryl methyl sites for hydroxylation is 1. The summed E-state index contributed by atoms with van der Waals surface area (Å²) in [5.74, 6) is 2.02. The predicted octanol–water partition coefficient (Wildman–Crippen LogP) is 6.57. The van der Waals surface area contributed by atoms with Crippen molar-refractivity contribution in [2.45, 2.75) is 6.92 Å². The number of rotatable bonds is 2. The van der Waals surface area contributed by atoms with E-state index in [1.54, 1.807) is 0 Å². The first kappa shape index (κ1) is 16.9. The highest BCUT2D eigenvalue weighted by atomic mass is 16.3. The highest BCUT2D eigenvalue weighted by Gasteiger charge is 2.16. The van der Waals surface area contributed by atoms with E-state index in [-0.39, 0.29) is 0 Å². The number of para-hydroxylation sites is 1. The molecule has 0 unspecified atom stereocenters. The third-order valence-corrected chi connectivity index (χ3v) is 5.40. The summed E-state index contributed by atoms with van der Waals surface area (Å²) in [7, 11) is 0. The number of hydrogen-bond acceptors (Lipinski definition) is 4. The van der Waals surface area contributed by atoms with Crippen molar-refractivity contribution < 1.29 is 4.42 Å². The number of hydrogen-bond donors (Lipinski definition) is 0. The quantitative estimate of drug-likeness (QED) is 0.337.